The van der Waals surface area contributed by atoms with E-state index in [4.69, 9.17) is 0 Å². The third-order valence-electron chi connectivity index (χ3n) is 6.82. The largest absolute Gasteiger partial charge is 0.322 e. The van der Waals surface area contributed by atoms with Gasteiger partial charge in [-0.05, 0) is 135 Å². The highest BCUT2D eigenvalue weighted by Crippen LogP contribution is 2.29. The van der Waals surface area contributed by atoms with Gasteiger partial charge in [0, 0.05) is 22.5 Å². The average Bonchev–Trinajstić information content (AvgIpc) is 2.84. The lowest BCUT2D eigenvalue weighted by atomic mass is 9.99. The minimum absolute atomic E-state index is 0.117. The van der Waals surface area contributed by atoms with Crippen molar-refractivity contribution in [3.8, 4) is 11.1 Å². The lowest BCUT2D eigenvalue weighted by molar-refractivity contribution is 0.101. The van der Waals surface area contributed by atoms with Crippen molar-refractivity contribution in [2.24, 2.45) is 0 Å². The standard InChI is InChI=1S/C32H32N2O2/c1-19-7-9-27(15-21(19)3)31(35)33-29-13-11-25(17-23(29)5)26-12-14-30(24(6)18-26)34-32(36)28-10-8-20(2)22(4)16-28/h7-18H,1-6H3,(H,33,35)(H,34,36). The molecule has 0 radical (unpaired) electrons. The molecule has 0 saturated heterocycles. The van der Waals surface area contributed by atoms with Crippen LogP contribution in [0.2, 0.25) is 0 Å². The van der Waals surface area contributed by atoms with Crippen LogP contribution in [0.3, 0.4) is 0 Å². The average molecular weight is 477 g/mol. The van der Waals surface area contributed by atoms with Crippen LogP contribution in [0.15, 0.2) is 72.8 Å². The Bertz CT molecular complexity index is 1370. The normalized spacial score (nSPS) is 10.7. The van der Waals surface area contributed by atoms with Gasteiger partial charge in [0.1, 0.15) is 0 Å². The summed E-state index contributed by atoms with van der Waals surface area (Å²) in [6.07, 6.45) is 0. The maximum Gasteiger partial charge on any atom is 0.255 e. The zero-order valence-electron chi connectivity index (χ0n) is 21.7. The molecule has 0 fully saturated rings. The third kappa shape index (κ3) is 5.38. The molecule has 182 valence electrons. The summed E-state index contributed by atoms with van der Waals surface area (Å²) in [6, 6.07) is 23.5. The molecule has 4 heteroatoms. The van der Waals surface area contributed by atoms with Crippen LogP contribution in [0.4, 0.5) is 11.4 Å². The smallest absolute Gasteiger partial charge is 0.255 e. The fourth-order valence-corrected chi connectivity index (χ4v) is 4.12. The summed E-state index contributed by atoms with van der Waals surface area (Å²) in [5.41, 5.74) is 11.5. The molecule has 4 aromatic carbocycles. The van der Waals surface area contributed by atoms with Gasteiger partial charge in [0.15, 0.2) is 0 Å². The molecule has 0 aliphatic carbocycles. The Labute approximate surface area is 213 Å². The summed E-state index contributed by atoms with van der Waals surface area (Å²) in [4.78, 5) is 25.5. The quantitative estimate of drug-likeness (QED) is 0.310. The zero-order valence-corrected chi connectivity index (χ0v) is 21.7. The second kappa shape index (κ2) is 10.2. The van der Waals surface area contributed by atoms with Gasteiger partial charge in [-0.3, -0.25) is 9.59 Å². The van der Waals surface area contributed by atoms with Crippen LogP contribution in [-0.2, 0) is 0 Å². The molecule has 0 unspecified atom stereocenters. The first-order valence-electron chi connectivity index (χ1n) is 12.1. The van der Waals surface area contributed by atoms with Crippen molar-refractivity contribution in [1.82, 2.24) is 0 Å². The van der Waals surface area contributed by atoms with Crippen molar-refractivity contribution in [3.05, 3.63) is 117 Å². The molecule has 0 heterocycles. The molecule has 0 saturated carbocycles. The van der Waals surface area contributed by atoms with E-state index in [9.17, 15) is 9.59 Å². The summed E-state index contributed by atoms with van der Waals surface area (Å²) in [7, 11) is 0. The number of amides is 2. The fourth-order valence-electron chi connectivity index (χ4n) is 4.12. The lowest BCUT2D eigenvalue weighted by Crippen LogP contribution is -2.13. The monoisotopic (exact) mass is 476 g/mol. The molecule has 0 aromatic heterocycles. The van der Waals surface area contributed by atoms with E-state index in [0.717, 1.165) is 44.8 Å². The van der Waals surface area contributed by atoms with E-state index in [-0.39, 0.29) is 11.8 Å². The molecule has 0 atom stereocenters. The zero-order chi connectivity index (χ0) is 26.0. The van der Waals surface area contributed by atoms with Gasteiger partial charge in [0.25, 0.3) is 11.8 Å². The number of anilines is 2. The predicted octanol–water partition coefficient (Wildman–Crippen LogP) is 7.71. The SMILES string of the molecule is Cc1ccc(C(=O)Nc2ccc(-c3ccc(NC(=O)c4ccc(C)c(C)c4)c(C)c3)cc2C)cc1C. The number of carbonyl (C=O) groups is 2. The number of rotatable bonds is 5. The van der Waals surface area contributed by atoms with Gasteiger partial charge in [0.05, 0.1) is 0 Å². The van der Waals surface area contributed by atoms with Crippen LogP contribution in [0.5, 0.6) is 0 Å². The van der Waals surface area contributed by atoms with Crippen LogP contribution in [0.25, 0.3) is 11.1 Å². The first kappa shape index (κ1) is 24.9. The Morgan fingerprint density at radius 1 is 0.444 bits per heavy atom. The summed E-state index contributed by atoms with van der Waals surface area (Å²) < 4.78 is 0. The van der Waals surface area contributed by atoms with E-state index in [2.05, 4.69) is 22.8 Å². The lowest BCUT2D eigenvalue weighted by Gasteiger charge is -2.13. The van der Waals surface area contributed by atoms with Gasteiger partial charge in [0.2, 0.25) is 0 Å². The van der Waals surface area contributed by atoms with E-state index in [1.54, 1.807) is 0 Å². The van der Waals surface area contributed by atoms with E-state index in [1.807, 2.05) is 102 Å². The molecule has 0 aliphatic rings. The Morgan fingerprint density at radius 3 is 1.17 bits per heavy atom. The topological polar surface area (TPSA) is 58.2 Å². The van der Waals surface area contributed by atoms with Gasteiger partial charge >= 0.3 is 0 Å². The highest BCUT2D eigenvalue weighted by molar-refractivity contribution is 6.05. The molecule has 4 aromatic rings. The number of hydrogen-bond acceptors (Lipinski definition) is 2. The van der Waals surface area contributed by atoms with Gasteiger partial charge in [-0.1, -0.05) is 24.3 Å². The second-order valence-electron chi connectivity index (χ2n) is 9.57. The molecule has 4 nitrogen and oxygen atoms in total. The molecule has 4 rings (SSSR count). The third-order valence-corrected chi connectivity index (χ3v) is 6.82. The van der Waals surface area contributed by atoms with Crippen molar-refractivity contribution in [1.29, 1.82) is 0 Å². The number of benzene rings is 4. The van der Waals surface area contributed by atoms with Gasteiger partial charge in [-0.15, -0.1) is 0 Å². The maximum absolute atomic E-state index is 12.7. The molecule has 36 heavy (non-hydrogen) atoms. The molecule has 0 spiro atoms. The molecular formula is C32H32N2O2. The van der Waals surface area contributed by atoms with Crippen LogP contribution in [-0.4, -0.2) is 11.8 Å². The predicted molar refractivity (Wildman–Crippen MR) is 149 cm³/mol. The van der Waals surface area contributed by atoms with E-state index >= 15 is 0 Å². The number of hydrogen-bond donors (Lipinski definition) is 2. The van der Waals surface area contributed by atoms with E-state index < -0.39 is 0 Å². The summed E-state index contributed by atoms with van der Waals surface area (Å²) in [5.74, 6) is -0.234. The van der Waals surface area contributed by atoms with Crippen molar-refractivity contribution in [3.63, 3.8) is 0 Å². The molecular weight excluding hydrogens is 444 g/mol. The second-order valence-corrected chi connectivity index (χ2v) is 9.57. The molecule has 2 amide bonds. The molecule has 0 bridgehead atoms. The summed E-state index contributed by atoms with van der Waals surface area (Å²) in [6.45, 7) is 12.1. The summed E-state index contributed by atoms with van der Waals surface area (Å²) >= 11 is 0. The van der Waals surface area contributed by atoms with Crippen LogP contribution < -0.4 is 10.6 Å². The first-order valence-corrected chi connectivity index (χ1v) is 12.1. The highest BCUT2D eigenvalue weighted by Gasteiger charge is 2.12. The fraction of sp³-hybridized carbons (Fsp3) is 0.188. The first-order chi connectivity index (χ1) is 17.1. The number of carbonyl (C=O) groups excluding carboxylic acids is 2. The van der Waals surface area contributed by atoms with Gasteiger partial charge < -0.3 is 10.6 Å². The van der Waals surface area contributed by atoms with Crippen LogP contribution in [0, 0.1) is 41.5 Å². The number of nitrogens with one attached hydrogen (secondary N) is 2. The van der Waals surface area contributed by atoms with E-state index in [1.165, 1.54) is 11.1 Å². The maximum atomic E-state index is 12.7. The number of aryl methyl sites for hydroxylation is 6. The molecule has 2 N–H and O–H groups in total. The van der Waals surface area contributed by atoms with Crippen molar-refractivity contribution >= 4 is 23.2 Å². The van der Waals surface area contributed by atoms with Crippen molar-refractivity contribution in [2.75, 3.05) is 10.6 Å². The van der Waals surface area contributed by atoms with Crippen LogP contribution >= 0.6 is 0 Å². The summed E-state index contributed by atoms with van der Waals surface area (Å²) in [5, 5.41) is 6.06. The van der Waals surface area contributed by atoms with Crippen molar-refractivity contribution in [2.45, 2.75) is 41.5 Å². The van der Waals surface area contributed by atoms with Crippen molar-refractivity contribution < 1.29 is 9.59 Å². The minimum atomic E-state index is -0.117. The van der Waals surface area contributed by atoms with Gasteiger partial charge in [-0.25, -0.2) is 0 Å². The highest BCUT2D eigenvalue weighted by atomic mass is 16.2. The Morgan fingerprint density at radius 2 is 0.833 bits per heavy atom. The van der Waals surface area contributed by atoms with Crippen LogP contribution in [0.1, 0.15) is 54.1 Å². The Hall–Kier alpha value is -4.18. The molecule has 0 aliphatic heterocycles. The van der Waals surface area contributed by atoms with E-state index in [0.29, 0.717) is 11.1 Å². The Kier molecular flexibility index (Phi) is 7.07. The minimum Gasteiger partial charge on any atom is -0.322 e. The van der Waals surface area contributed by atoms with Gasteiger partial charge in [-0.2, -0.15) is 0 Å². The Balaban J connectivity index is 1.49.